The Hall–Kier alpha value is -0.880. The van der Waals surface area contributed by atoms with Crippen molar-refractivity contribution in [3.05, 3.63) is 12.3 Å². The molecule has 1 heterocycles. The quantitative estimate of drug-likeness (QED) is 0.815. The van der Waals surface area contributed by atoms with Gasteiger partial charge in [-0.1, -0.05) is 27.7 Å². The Labute approximate surface area is 103 Å². The van der Waals surface area contributed by atoms with E-state index in [2.05, 4.69) is 42.6 Å². The van der Waals surface area contributed by atoms with E-state index in [1.165, 1.54) is 12.3 Å². The number of aromatic nitrogens is 2. The van der Waals surface area contributed by atoms with Crippen LogP contribution in [0, 0.1) is 17.8 Å². The lowest BCUT2D eigenvalue weighted by Crippen LogP contribution is -2.34. The van der Waals surface area contributed by atoms with Gasteiger partial charge in [0, 0.05) is 6.54 Å². The van der Waals surface area contributed by atoms with Gasteiger partial charge in [-0.2, -0.15) is 5.10 Å². The number of sulfonamides is 1. The standard InChI is InChI=1S/C11H21N3O2S/c1-8(2)10(9(3)4)7-13-17(15,16)11-5-6-12-14-11/h5-6,8-10,13H,7H2,1-4H3,(H,12,14). The SMILES string of the molecule is CC(C)C(CNS(=O)(=O)c1ccn[nH]1)C(C)C. The van der Waals surface area contributed by atoms with Gasteiger partial charge in [0.25, 0.3) is 10.0 Å². The Morgan fingerprint density at radius 3 is 2.29 bits per heavy atom. The van der Waals surface area contributed by atoms with Crippen LogP contribution in [0.25, 0.3) is 0 Å². The van der Waals surface area contributed by atoms with Crippen LogP contribution in [-0.2, 0) is 10.0 Å². The van der Waals surface area contributed by atoms with Gasteiger partial charge in [0.05, 0.1) is 6.20 Å². The summed E-state index contributed by atoms with van der Waals surface area (Å²) in [5, 5.41) is 6.22. The van der Waals surface area contributed by atoms with Crippen molar-refractivity contribution in [1.29, 1.82) is 0 Å². The summed E-state index contributed by atoms with van der Waals surface area (Å²) in [7, 11) is -3.45. The van der Waals surface area contributed by atoms with E-state index in [9.17, 15) is 8.42 Å². The summed E-state index contributed by atoms with van der Waals surface area (Å²) in [6.07, 6.45) is 1.43. The first-order valence-corrected chi connectivity index (χ1v) is 7.32. The molecule has 0 amide bonds. The van der Waals surface area contributed by atoms with Gasteiger partial charge in [0.1, 0.15) is 0 Å². The zero-order valence-corrected chi connectivity index (χ0v) is 11.6. The van der Waals surface area contributed by atoms with E-state index in [-0.39, 0.29) is 5.03 Å². The second-order valence-corrected chi connectivity index (χ2v) is 6.66. The van der Waals surface area contributed by atoms with Gasteiger partial charge in [0.2, 0.25) is 0 Å². The summed E-state index contributed by atoms with van der Waals surface area (Å²) >= 11 is 0. The van der Waals surface area contributed by atoms with E-state index in [0.717, 1.165) is 0 Å². The molecule has 0 radical (unpaired) electrons. The molecule has 5 nitrogen and oxygen atoms in total. The maximum absolute atomic E-state index is 11.9. The predicted molar refractivity (Wildman–Crippen MR) is 66.9 cm³/mol. The summed E-state index contributed by atoms with van der Waals surface area (Å²) in [4.78, 5) is 0. The fraction of sp³-hybridized carbons (Fsp3) is 0.727. The third-order valence-electron chi connectivity index (χ3n) is 2.99. The number of H-pyrrole nitrogens is 1. The van der Waals surface area contributed by atoms with Crippen LogP contribution in [0.15, 0.2) is 17.3 Å². The van der Waals surface area contributed by atoms with Crippen molar-refractivity contribution in [2.45, 2.75) is 32.7 Å². The molecule has 0 fully saturated rings. The molecule has 0 saturated heterocycles. The fourth-order valence-electron chi connectivity index (χ4n) is 1.92. The summed E-state index contributed by atoms with van der Waals surface area (Å²) in [5.41, 5.74) is 0. The average Bonchev–Trinajstić information content (AvgIpc) is 2.69. The molecule has 0 spiro atoms. The van der Waals surface area contributed by atoms with Crippen molar-refractivity contribution in [3.8, 4) is 0 Å². The van der Waals surface area contributed by atoms with Gasteiger partial charge in [-0.15, -0.1) is 0 Å². The normalized spacial score (nSPS) is 12.9. The van der Waals surface area contributed by atoms with Crippen LogP contribution in [0.4, 0.5) is 0 Å². The third-order valence-corrected chi connectivity index (χ3v) is 4.34. The Balaban J connectivity index is 2.67. The summed E-state index contributed by atoms with van der Waals surface area (Å²) in [6, 6.07) is 1.45. The molecule has 0 bridgehead atoms. The van der Waals surface area contributed by atoms with E-state index >= 15 is 0 Å². The molecule has 0 aliphatic carbocycles. The lowest BCUT2D eigenvalue weighted by Gasteiger charge is -2.24. The molecule has 2 N–H and O–H groups in total. The molecule has 0 aromatic carbocycles. The number of aromatic amines is 1. The largest absolute Gasteiger partial charge is 0.266 e. The molecule has 1 aromatic heterocycles. The lowest BCUT2D eigenvalue weighted by molar-refractivity contribution is 0.289. The van der Waals surface area contributed by atoms with Crippen LogP contribution in [0.5, 0.6) is 0 Å². The highest BCUT2D eigenvalue weighted by Gasteiger charge is 2.22. The predicted octanol–water partition coefficient (Wildman–Crippen LogP) is 1.62. The average molecular weight is 259 g/mol. The lowest BCUT2D eigenvalue weighted by atomic mass is 9.86. The van der Waals surface area contributed by atoms with Crippen molar-refractivity contribution >= 4 is 10.0 Å². The van der Waals surface area contributed by atoms with Crippen molar-refractivity contribution in [3.63, 3.8) is 0 Å². The fourth-order valence-corrected chi connectivity index (χ4v) is 2.90. The smallest absolute Gasteiger partial charge is 0.257 e. The molecule has 0 aliphatic rings. The Morgan fingerprint density at radius 2 is 1.88 bits per heavy atom. The second-order valence-electron chi connectivity index (χ2n) is 4.92. The van der Waals surface area contributed by atoms with Gasteiger partial charge in [-0.25, -0.2) is 13.1 Å². The van der Waals surface area contributed by atoms with E-state index in [4.69, 9.17) is 0 Å². The van der Waals surface area contributed by atoms with Crippen LogP contribution >= 0.6 is 0 Å². The molecule has 98 valence electrons. The number of rotatable bonds is 6. The first kappa shape index (κ1) is 14.2. The van der Waals surface area contributed by atoms with Crippen LogP contribution in [0.2, 0.25) is 0 Å². The molecule has 1 aromatic rings. The highest BCUT2D eigenvalue weighted by atomic mass is 32.2. The maximum Gasteiger partial charge on any atom is 0.257 e. The molecule has 1 rings (SSSR count). The van der Waals surface area contributed by atoms with E-state index in [0.29, 0.717) is 24.3 Å². The van der Waals surface area contributed by atoms with Gasteiger partial charge >= 0.3 is 0 Å². The van der Waals surface area contributed by atoms with Crippen molar-refractivity contribution in [1.82, 2.24) is 14.9 Å². The van der Waals surface area contributed by atoms with Crippen molar-refractivity contribution in [2.75, 3.05) is 6.54 Å². The molecular weight excluding hydrogens is 238 g/mol. The van der Waals surface area contributed by atoms with Gasteiger partial charge < -0.3 is 0 Å². The second kappa shape index (κ2) is 5.64. The molecule has 0 unspecified atom stereocenters. The Bertz CT molecular complexity index is 416. The van der Waals surface area contributed by atoms with E-state index < -0.39 is 10.0 Å². The molecule has 0 aliphatic heterocycles. The van der Waals surface area contributed by atoms with Crippen LogP contribution in [-0.4, -0.2) is 25.2 Å². The molecular formula is C11H21N3O2S. The minimum atomic E-state index is -3.45. The van der Waals surface area contributed by atoms with Crippen molar-refractivity contribution in [2.24, 2.45) is 17.8 Å². The molecule has 0 atom stereocenters. The minimum absolute atomic E-state index is 0.115. The topological polar surface area (TPSA) is 74.8 Å². The first-order chi connectivity index (χ1) is 7.84. The molecule has 17 heavy (non-hydrogen) atoms. The highest BCUT2D eigenvalue weighted by Crippen LogP contribution is 2.20. The number of hydrogen-bond acceptors (Lipinski definition) is 3. The third kappa shape index (κ3) is 3.81. The minimum Gasteiger partial charge on any atom is -0.266 e. The first-order valence-electron chi connectivity index (χ1n) is 5.83. The number of nitrogens with one attached hydrogen (secondary N) is 2. The van der Waals surface area contributed by atoms with Gasteiger partial charge in [-0.05, 0) is 23.8 Å². The van der Waals surface area contributed by atoms with Crippen LogP contribution < -0.4 is 4.72 Å². The maximum atomic E-state index is 11.9. The molecule has 0 saturated carbocycles. The summed E-state index contributed by atoms with van der Waals surface area (Å²) in [6.45, 7) is 8.88. The van der Waals surface area contributed by atoms with E-state index in [1.807, 2.05) is 0 Å². The van der Waals surface area contributed by atoms with Crippen LogP contribution in [0.3, 0.4) is 0 Å². The van der Waals surface area contributed by atoms with E-state index in [1.54, 1.807) is 0 Å². The number of nitrogens with zero attached hydrogens (tertiary/aromatic N) is 1. The zero-order valence-electron chi connectivity index (χ0n) is 10.8. The zero-order chi connectivity index (χ0) is 13.1. The van der Waals surface area contributed by atoms with Gasteiger partial charge in [0.15, 0.2) is 5.03 Å². The monoisotopic (exact) mass is 259 g/mol. The Kier molecular flexibility index (Phi) is 4.70. The highest BCUT2D eigenvalue weighted by molar-refractivity contribution is 7.89. The number of hydrogen-bond donors (Lipinski definition) is 2. The summed E-state index contributed by atoms with van der Waals surface area (Å²) in [5.74, 6) is 1.21. The Morgan fingerprint density at radius 1 is 1.29 bits per heavy atom. The van der Waals surface area contributed by atoms with Crippen molar-refractivity contribution < 1.29 is 8.42 Å². The summed E-state index contributed by atoms with van der Waals surface area (Å²) < 4.78 is 26.3. The van der Waals surface area contributed by atoms with Gasteiger partial charge in [-0.3, -0.25) is 5.10 Å². The molecule has 6 heteroatoms. The van der Waals surface area contributed by atoms with Crippen LogP contribution in [0.1, 0.15) is 27.7 Å².